The molecule has 1 aliphatic heterocycles. The van der Waals surface area contributed by atoms with Crippen LogP contribution in [-0.2, 0) is 11.3 Å². The number of carbonyl (C=O) groups excluding carboxylic acids is 1. The maximum Gasteiger partial charge on any atom is 0.244 e. The van der Waals surface area contributed by atoms with Gasteiger partial charge in [0.1, 0.15) is 6.07 Å². The number of benzene rings is 1. The van der Waals surface area contributed by atoms with Gasteiger partial charge in [0.05, 0.1) is 27.8 Å². The topological polar surface area (TPSA) is 51.8 Å². The lowest BCUT2D eigenvalue weighted by molar-refractivity contribution is -0.121. The molecule has 1 atom stereocenters. The summed E-state index contributed by atoms with van der Waals surface area (Å²) >= 11 is 6.27. The fourth-order valence-electron chi connectivity index (χ4n) is 3.79. The van der Waals surface area contributed by atoms with E-state index in [1.54, 1.807) is 11.0 Å². The van der Waals surface area contributed by atoms with Crippen molar-refractivity contribution in [3.63, 3.8) is 0 Å². The Balaban J connectivity index is 1.56. The van der Waals surface area contributed by atoms with Crippen LogP contribution in [0.4, 0.5) is 5.69 Å². The van der Waals surface area contributed by atoms with E-state index in [1.807, 2.05) is 65.1 Å². The number of fused-ring (bicyclic) bond motifs is 1. The lowest BCUT2D eigenvalue weighted by Gasteiger charge is -2.24. The first-order chi connectivity index (χ1) is 13.1. The Kier molecular flexibility index (Phi) is 4.61. The van der Waals surface area contributed by atoms with Crippen molar-refractivity contribution < 1.29 is 4.79 Å². The average Bonchev–Trinajstić information content (AvgIpc) is 3.22. The van der Waals surface area contributed by atoms with Crippen LogP contribution in [0.1, 0.15) is 17.5 Å². The van der Waals surface area contributed by atoms with Crippen LogP contribution in [-0.4, -0.2) is 34.8 Å². The molecule has 3 heterocycles. The zero-order valence-electron chi connectivity index (χ0n) is 15.0. The van der Waals surface area contributed by atoms with Gasteiger partial charge in [-0.25, -0.2) is 0 Å². The third kappa shape index (κ3) is 3.08. The van der Waals surface area contributed by atoms with Crippen LogP contribution in [0.3, 0.4) is 0 Å². The maximum absolute atomic E-state index is 13.0. The van der Waals surface area contributed by atoms with Gasteiger partial charge in [0, 0.05) is 31.0 Å². The first kappa shape index (κ1) is 17.6. The molecule has 0 spiro atoms. The number of likely N-dealkylation sites (N-methyl/N-ethyl adjacent to an activating group) is 1. The zero-order chi connectivity index (χ0) is 19.0. The summed E-state index contributed by atoms with van der Waals surface area (Å²) in [5.41, 5.74) is 3.23. The van der Waals surface area contributed by atoms with Gasteiger partial charge >= 0.3 is 0 Å². The van der Waals surface area contributed by atoms with Gasteiger partial charge in [0.15, 0.2) is 0 Å². The van der Waals surface area contributed by atoms with Gasteiger partial charge in [0.2, 0.25) is 5.91 Å². The molecule has 0 radical (unpaired) electrons. The summed E-state index contributed by atoms with van der Waals surface area (Å²) in [6, 6.07) is 15.3. The van der Waals surface area contributed by atoms with Gasteiger partial charge in [-0.05, 0) is 37.7 Å². The SMILES string of the molecule is CN(Cc1cn2ccccc2c1C#N)C1CCN(c2ccccc2Cl)C1=O. The third-order valence-corrected chi connectivity index (χ3v) is 5.47. The zero-order valence-corrected chi connectivity index (χ0v) is 15.7. The van der Waals surface area contributed by atoms with E-state index in [4.69, 9.17) is 11.6 Å². The van der Waals surface area contributed by atoms with Crippen molar-refractivity contribution in [1.29, 1.82) is 5.26 Å². The fraction of sp³-hybridized carbons (Fsp3) is 0.238. The van der Waals surface area contributed by atoms with E-state index in [1.165, 1.54) is 0 Å². The van der Waals surface area contributed by atoms with Gasteiger partial charge in [-0.3, -0.25) is 9.69 Å². The molecule has 27 heavy (non-hydrogen) atoms. The number of amides is 1. The summed E-state index contributed by atoms with van der Waals surface area (Å²) in [6.07, 6.45) is 4.63. The molecule has 0 bridgehead atoms. The van der Waals surface area contributed by atoms with Gasteiger partial charge in [0.25, 0.3) is 0 Å². The Morgan fingerprint density at radius 2 is 2.04 bits per heavy atom. The predicted molar refractivity (Wildman–Crippen MR) is 106 cm³/mol. The minimum atomic E-state index is -0.226. The quantitative estimate of drug-likeness (QED) is 0.695. The maximum atomic E-state index is 13.0. The molecular weight excluding hydrogens is 360 g/mol. The van der Waals surface area contributed by atoms with E-state index in [0.717, 1.165) is 23.2 Å². The Labute approximate surface area is 163 Å². The van der Waals surface area contributed by atoms with Crippen molar-refractivity contribution in [2.75, 3.05) is 18.5 Å². The summed E-state index contributed by atoms with van der Waals surface area (Å²) < 4.78 is 1.95. The Morgan fingerprint density at radius 1 is 1.26 bits per heavy atom. The Hall–Kier alpha value is -2.81. The van der Waals surface area contributed by atoms with Crippen molar-refractivity contribution >= 4 is 28.7 Å². The van der Waals surface area contributed by atoms with Crippen LogP contribution < -0.4 is 4.90 Å². The molecule has 1 amide bonds. The monoisotopic (exact) mass is 378 g/mol. The number of rotatable bonds is 4. The standard InChI is InChI=1S/C21H19ClN4O/c1-24(13-15-14-25-10-5-4-7-18(25)16(15)12-23)20-9-11-26(21(20)27)19-8-3-2-6-17(19)22/h2-8,10,14,20H,9,11,13H2,1H3. The van der Waals surface area contributed by atoms with Crippen molar-refractivity contribution in [3.05, 3.63) is 71.0 Å². The minimum absolute atomic E-state index is 0.0490. The molecule has 5 nitrogen and oxygen atoms in total. The molecule has 1 fully saturated rings. The number of anilines is 1. The molecule has 1 aliphatic rings. The van der Waals surface area contributed by atoms with Gasteiger partial charge in [-0.1, -0.05) is 29.8 Å². The highest BCUT2D eigenvalue weighted by atomic mass is 35.5. The molecule has 1 unspecified atom stereocenters. The van der Waals surface area contributed by atoms with Gasteiger partial charge < -0.3 is 9.30 Å². The molecule has 4 rings (SSSR count). The molecule has 2 aromatic heterocycles. The smallest absolute Gasteiger partial charge is 0.244 e. The van der Waals surface area contributed by atoms with E-state index in [2.05, 4.69) is 6.07 Å². The molecule has 3 aromatic rings. The number of nitrogens with zero attached hydrogens (tertiary/aromatic N) is 4. The molecular formula is C21H19ClN4O. The highest BCUT2D eigenvalue weighted by Gasteiger charge is 2.36. The second-order valence-electron chi connectivity index (χ2n) is 6.80. The first-order valence-corrected chi connectivity index (χ1v) is 9.22. The summed E-state index contributed by atoms with van der Waals surface area (Å²) in [7, 11) is 1.93. The predicted octanol–water partition coefficient (Wildman–Crippen LogP) is 3.70. The number of nitriles is 1. The van der Waals surface area contributed by atoms with Crippen LogP contribution >= 0.6 is 11.6 Å². The van der Waals surface area contributed by atoms with E-state index in [0.29, 0.717) is 23.7 Å². The van der Waals surface area contributed by atoms with Crippen LogP contribution in [0.5, 0.6) is 0 Å². The van der Waals surface area contributed by atoms with Crippen LogP contribution in [0.15, 0.2) is 54.9 Å². The average molecular weight is 379 g/mol. The number of hydrogen-bond donors (Lipinski definition) is 0. The van der Waals surface area contributed by atoms with E-state index in [-0.39, 0.29) is 11.9 Å². The van der Waals surface area contributed by atoms with Crippen molar-refractivity contribution in [2.24, 2.45) is 0 Å². The largest absolute Gasteiger partial charge is 0.322 e. The van der Waals surface area contributed by atoms with E-state index >= 15 is 0 Å². The van der Waals surface area contributed by atoms with Gasteiger partial charge in [-0.15, -0.1) is 0 Å². The molecule has 1 aromatic carbocycles. The van der Waals surface area contributed by atoms with Crippen LogP contribution in [0.2, 0.25) is 5.02 Å². The highest BCUT2D eigenvalue weighted by molar-refractivity contribution is 6.33. The summed E-state index contributed by atoms with van der Waals surface area (Å²) in [5.74, 6) is 0.0490. The normalized spacial score (nSPS) is 17.0. The molecule has 6 heteroatoms. The first-order valence-electron chi connectivity index (χ1n) is 8.85. The Morgan fingerprint density at radius 3 is 2.81 bits per heavy atom. The van der Waals surface area contributed by atoms with E-state index < -0.39 is 0 Å². The molecule has 1 saturated heterocycles. The van der Waals surface area contributed by atoms with Crippen molar-refractivity contribution in [3.8, 4) is 6.07 Å². The Bertz CT molecular complexity index is 1050. The molecule has 0 saturated carbocycles. The van der Waals surface area contributed by atoms with Gasteiger partial charge in [-0.2, -0.15) is 5.26 Å². The summed E-state index contributed by atoms with van der Waals surface area (Å²) in [5, 5.41) is 10.2. The number of pyridine rings is 1. The van der Waals surface area contributed by atoms with Crippen LogP contribution in [0, 0.1) is 11.3 Å². The molecule has 0 aliphatic carbocycles. The highest BCUT2D eigenvalue weighted by Crippen LogP contribution is 2.31. The third-order valence-electron chi connectivity index (χ3n) is 5.15. The summed E-state index contributed by atoms with van der Waals surface area (Å²) in [4.78, 5) is 16.7. The number of para-hydroxylation sites is 1. The van der Waals surface area contributed by atoms with Crippen molar-refractivity contribution in [1.82, 2.24) is 9.30 Å². The second-order valence-corrected chi connectivity index (χ2v) is 7.20. The molecule has 136 valence electrons. The van der Waals surface area contributed by atoms with Crippen molar-refractivity contribution in [2.45, 2.75) is 19.0 Å². The summed E-state index contributed by atoms with van der Waals surface area (Å²) in [6.45, 7) is 1.18. The molecule has 0 N–H and O–H groups in total. The van der Waals surface area contributed by atoms with Crippen LogP contribution in [0.25, 0.3) is 5.52 Å². The van der Waals surface area contributed by atoms with E-state index in [9.17, 15) is 10.1 Å². The minimum Gasteiger partial charge on any atom is -0.322 e. The lowest BCUT2D eigenvalue weighted by atomic mass is 10.1. The fourth-order valence-corrected chi connectivity index (χ4v) is 4.03. The number of carbonyl (C=O) groups is 1. The number of hydrogen-bond acceptors (Lipinski definition) is 3. The lowest BCUT2D eigenvalue weighted by Crippen LogP contribution is -2.39. The number of halogens is 1. The second kappa shape index (κ2) is 7.07. The number of aromatic nitrogens is 1.